The number of rotatable bonds is 10. The second kappa shape index (κ2) is 13.2. The first-order chi connectivity index (χ1) is 14.5. The fourth-order valence-corrected chi connectivity index (χ4v) is 4.41. The SMILES string of the molecule is CCCCCCC[N+](C)(C)C(CC)c1ccc(Cl)cc1.Cc1ccc(S(=O)(=O)O)cc1. The summed E-state index contributed by atoms with van der Waals surface area (Å²) in [7, 11) is 0.708. The van der Waals surface area contributed by atoms with Crippen molar-refractivity contribution in [1.82, 2.24) is 0 Å². The van der Waals surface area contributed by atoms with Gasteiger partial charge in [0.05, 0.1) is 25.5 Å². The number of unbranched alkanes of at least 4 members (excludes halogenated alkanes) is 4. The van der Waals surface area contributed by atoms with Gasteiger partial charge in [-0.05, 0) is 44.0 Å². The Balaban J connectivity index is 0.000000367. The lowest BCUT2D eigenvalue weighted by atomic mass is 10.0. The van der Waals surface area contributed by atoms with E-state index < -0.39 is 10.1 Å². The Hall–Kier alpha value is -1.40. The molecule has 0 aliphatic heterocycles. The van der Waals surface area contributed by atoms with Crippen LogP contribution in [0.3, 0.4) is 0 Å². The fraction of sp³-hybridized carbons (Fsp3) is 0.520. The van der Waals surface area contributed by atoms with Gasteiger partial charge in [-0.3, -0.25) is 4.55 Å². The molecule has 2 rings (SSSR count). The summed E-state index contributed by atoms with van der Waals surface area (Å²) in [6.07, 6.45) is 7.95. The largest absolute Gasteiger partial charge is 0.322 e. The van der Waals surface area contributed by atoms with Gasteiger partial charge in [0.25, 0.3) is 10.1 Å². The summed E-state index contributed by atoms with van der Waals surface area (Å²) in [6.45, 7) is 7.66. The Labute approximate surface area is 194 Å². The van der Waals surface area contributed by atoms with E-state index in [1.54, 1.807) is 12.1 Å². The van der Waals surface area contributed by atoms with Gasteiger partial charge in [-0.1, -0.05) is 74.5 Å². The van der Waals surface area contributed by atoms with Crippen molar-refractivity contribution in [3.8, 4) is 0 Å². The maximum absolute atomic E-state index is 10.5. The summed E-state index contributed by atoms with van der Waals surface area (Å²) in [6, 6.07) is 15.0. The maximum Gasteiger partial charge on any atom is 0.294 e. The minimum absolute atomic E-state index is 0.0666. The smallest absolute Gasteiger partial charge is 0.294 e. The Morgan fingerprint density at radius 1 is 0.903 bits per heavy atom. The molecule has 4 nitrogen and oxygen atoms in total. The van der Waals surface area contributed by atoms with Crippen LogP contribution in [0, 0.1) is 6.92 Å². The van der Waals surface area contributed by atoms with Crippen LogP contribution >= 0.6 is 11.6 Å². The average molecular weight is 469 g/mol. The zero-order valence-electron chi connectivity index (χ0n) is 19.6. The summed E-state index contributed by atoms with van der Waals surface area (Å²) < 4.78 is 30.6. The Morgan fingerprint density at radius 3 is 1.94 bits per heavy atom. The lowest BCUT2D eigenvalue weighted by Crippen LogP contribution is -2.43. The van der Waals surface area contributed by atoms with Crippen molar-refractivity contribution in [2.45, 2.75) is 70.2 Å². The van der Waals surface area contributed by atoms with Crippen molar-refractivity contribution in [1.29, 1.82) is 0 Å². The summed E-state index contributed by atoms with van der Waals surface area (Å²) in [5.74, 6) is 0. The molecule has 31 heavy (non-hydrogen) atoms. The Kier molecular flexibility index (Phi) is 11.8. The second-order valence-corrected chi connectivity index (χ2v) is 10.5. The summed E-state index contributed by atoms with van der Waals surface area (Å²) >= 11 is 6.00. The van der Waals surface area contributed by atoms with Crippen LogP contribution in [-0.2, 0) is 10.1 Å². The minimum Gasteiger partial charge on any atom is -0.322 e. The average Bonchev–Trinajstić information content (AvgIpc) is 2.70. The van der Waals surface area contributed by atoms with E-state index in [0.29, 0.717) is 6.04 Å². The van der Waals surface area contributed by atoms with E-state index >= 15 is 0 Å². The maximum atomic E-state index is 10.5. The van der Waals surface area contributed by atoms with Gasteiger partial charge in [-0.25, -0.2) is 0 Å². The summed E-state index contributed by atoms with van der Waals surface area (Å²) in [4.78, 5) is -0.0666. The van der Waals surface area contributed by atoms with Gasteiger partial charge < -0.3 is 4.48 Å². The van der Waals surface area contributed by atoms with E-state index in [1.165, 1.54) is 62.8 Å². The molecule has 0 amide bonds. The van der Waals surface area contributed by atoms with Gasteiger partial charge in [0.15, 0.2) is 0 Å². The normalized spacial score (nSPS) is 12.7. The fourth-order valence-electron chi connectivity index (χ4n) is 3.81. The molecule has 0 aliphatic carbocycles. The van der Waals surface area contributed by atoms with E-state index in [-0.39, 0.29) is 4.90 Å². The highest BCUT2D eigenvalue weighted by Crippen LogP contribution is 2.29. The van der Waals surface area contributed by atoms with Crippen LogP contribution in [0.15, 0.2) is 53.4 Å². The van der Waals surface area contributed by atoms with Crippen molar-refractivity contribution < 1.29 is 17.5 Å². The van der Waals surface area contributed by atoms with Crippen LogP contribution in [0.2, 0.25) is 5.02 Å². The third-order valence-electron chi connectivity index (χ3n) is 5.64. The van der Waals surface area contributed by atoms with Gasteiger partial charge in [0.2, 0.25) is 0 Å². The van der Waals surface area contributed by atoms with Gasteiger partial charge >= 0.3 is 0 Å². The summed E-state index contributed by atoms with van der Waals surface area (Å²) in [5, 5.41) is 0.827. The van der Waals surface area contributed by atoms with E-state index in [4.69, 9.17) is 16.2 Å². The number of hydrogen-bond acceptors (Lipinski definition) is 2. The predicted octanol–water partition coefficient (Wildman–Crippen LogP) is 7.08. The topological polar surface area (TPSA) is 54.4 Å². The van der Waals surface area contributed by atoms with Gasteiger partial charge in [0, 0.05) is 17.0 Å². The molecule has 2 aromatic carbocycles. The molecule has 0 saturated carbocycles. The van der Waals surface area contributed by atoms with Gasteiger partial charge in [-0.15, -0.1) is 0 Å². The molecule has 1 N–H and O–H groups in total. The van der Waals surface area contributed by atoms with E-state index in [2.05, 4.69) is 40.1 Å². The van der Waals surface area contributed by atoms with Crippen molar-refractivity contribution in [3.05, 3.63) is 64.7 Å². The molecule has 0 saturated heterocycles. The van der Waals surface area contributed by atoms with Gasteiger partial charge in [-0.2, -0.15) is 8.42 Å². The molecule has 1 unspecified atom stereocenters. The molecule has 1 atom stereocenters. The van der Waals surface area contributed by atoms with Crippen molar-refractivity contribution in [3.63, 3.8) is 0 Å². The molecule has 0 fully saturated rings. The molecule has 2 aromatic rings. The molecule has 0 spiro atoms. The Bertz CT molecular complexity index is 863. The first-order valence-electron chi connectivity index (χ1n) is 11.1. The number of hydrogen-bond donors (Lipinski definition) is 1. The van der Waals surface area contributed by atoms with E-state index in [9.17, 15) is 8.42 Å². The molecule has 6 heteroatoms. The lowest BCUT2D eigenvalue weighted by molar-refractivity contribution is -0.921. The van der Waals surface area contributed by atoms with Crippen molar-refractivity contribution in [2.24, 2.45) is 0 Å². The van der Waals surface area contributed by atoms with Crippen LogP contribution < -0.4 is 0 Å². The zero-order valence-corrected chi connectivity index (χ0v) is 21.2. The number of aryl methyl sites for hydroxylation is 1. The zero-order chi connectivity index (χ0) is 23.5. The quantitative estimate of drug-likeness (QED) is 0.230. The third-order valence-corrected chi connectivity index (χ3v) is 6.76. The minimum atomic E-state index is -4.02. The number of halogens is 1. The molecule has 0 bridgehead atoms. The summed E-state index contributed by atoms with van der Waals surface area (Å²) in [5.41, 5.74) is 2.37. The van der Waals surface area contributed by atoms with E-state index in [0.717, 1.165) is 15.1 Å². The van der Waals surface area contributed by atoms with Crippen LogP contribution in [0.4, 0.5) is 0 Å². The first-order valence-corrected chi connectivity index (χ1v) is 12.9. The monoisotopic (exact) mass is 468 g/mol. The highest BCUT2D eigenvalue weighted by molar-refractivity contribution is 7.85. The van der Waals surface area contributed by atoms with Gasteiger partial charge in [0.1, 0.15) is 6.04 Å². The standard InChI is InChI=1S/C18H31ClN.C7H8O3S/c1-5-7-8-9-10-15-20(3,4)18(6-2)16-11-13-17(19)14-12-16;1-6-2-4-7(5-3-6)11(8,9)10/h11-14,18H,5-10,15H2,1-4H3;2-5H,1H3,(H,8,9,10)/q+1;. The highest BCUT2D eigenvalue weighted by Gasteiger charge is 2.27. The predicted molar refractivity (Wildman–Crippen MR) is 131 cm³/mol. The molecular weight excluding hydrogens is 430 g/mol. The third kappa shape index (κ3) is 10.2. The van der Waals surface area contributed by atoms with Crippen molar-refractivity contribution in [2.75, 3.05) is 20.6 Å². The van der Waals surface area contributed by atoms with Crippen LogP contribution in [0.25, 0.3) is 0 Å². The number of nitrogens with zero attached hydrogens (tertiary/aromatic N) is 1. The molecule has 174 valence electrons. The lowest BCUT2D eigenvalue weighted by Gasteiger charge is -2.38. The molecular formula is C25H39ClNO3S+. The molecule has 0 aromatic heterocycles. The molecule has 0 heterocycles. The van der Waals surface area contributed by atoms with Crippen LogP contribution in [0.1, 0.15) is 69.5 Å². The number of quaternary nitrogens is 1. The van der Waals surface area contributed by atoms with Crippen LogP contribution in [-0.4, -0.2) is 38.1 Å². The first kappa shape index (κ1) is 27.6. The second-order valence-electron chi connectivity index (χ2n) is 8.68. The van der Waals surface area contributed by atoms with E-state index in [1.807, 2.05) is 19.1 Å². The Morgan fingerprint density at radius 2 is 1.45 bits per heavy atom. The molecule has 0 aliphatic rings. The highest BCUT2D eigenvalue weighted by atomic mass is 35.5. The van der Waals surface area contributed by atoms with Crippen LogP contribution in [0.5, 0.6) is 0 Å². The number of benzene rings is 2. The molecule has 0 radical (unpaired) electrons. The van der Waals surface area contributed by atoms with Crippen molar-refractivity contribution >= 4 is 21.7 Å².